The Morgan fingerprint density at radius 1 is 1.18 bits per heavy atom. The predicted molar refractivity (Wildman–Crippen MR) is 85.5 cm³/mol. The zero-order chi connectivity index (χ0) is 16.5. The van der Waals surface area contributed by atoms with E-state index in [0.29, 0.717) is 5.39 Å². The molecule has 0 fully saturated rings. The Morgan fingerprint density at radius 3 is 2.41 bits per heavy atom. The zero-order valence-electron chi connectivity index (χ0n) is 12.8. The van der Waals surface area contributed by atoms with Crippen molar-refractivity contribution in [2.75, 3.05) is 0 Å². The highest BCUT2D eigenvalue weighted by Gasteiger charge is 2.26. The molecule has 22 heavy (non-hydrogen) atoms. The second kappa shape index (κ2) is 5.60. The van der Waals surface area contributed by atoms with Gasteiger partial charge in [0, 0.05) is 0 Å². The van der Waals surface area contributed by atoms with Gasteiger partial charge in [-0.15, -0.1) is 0 Å². The van der Waals surface area contributed by atoms with E-state index in [1.54, 1.807) is 51.1 Å². The maximum atomic E-state index is 12.1. The van der Waals surface area contributed by atoms with E-state index in [4.69, 9.17) is 4.74 Å². The normalized spacial score (nSPS) is 11.2. The summed E-state index contributed by atoms with van der Waals surface area (Å²) in [5, 5.41) is 12.7. The highest BCUT2D eigenvalue weighted by Crippen LogP contribution is 2.34. The molecule has 0 unspecified atom stereocenters. The summed E-state index contributed by atoms with van der Waals surface area (Å²) in [4.78, 5) is 23.1. The van der Waals surface area contributed by atoms with Crippen LogP contribution in [0, 0.1) is 10.1 Å². The lowest BCUT2D eigenvalue weighted by Crippen LogP contribution is -2.24. The molecular weight excluding hydrogens is 282 g/mol. The largest absolute Gasteiger partial charge is 0.456 e. The molecule has 0 atom stereocenters. The Kier molecular flexibility index (Phi) is 3.99. The number of hydrogen-bond acceptors (Lipinski definition) is 4. The summed E-state index contributed by atoms with van der Waals surface area (Å²) in [7, 11) is 0. The summed E-state index contributed by atoms with van der Waals surface area (Å²) >= 11 is 0. The first-order chi connectivity index (χ1) is 10.2. The van der Waals surface area contributed by atoms with Crippen LogP contribution in [0.15, 0.2) is 43.0 Å². The van der Waals surface area contributed by atoms with Crippen molar-refractivity contribution in [3.63, 3.8) is 0 Å². The Morgan fingerprint density at radius 2 is 1.82 bits per heavy atom. The van der Waals surface area contributed by atoms with Gasteiger partial charge in [0.05, 0.1) is 21.4 Å². The summed E-state index contributed by atoms with van der Waals surface area (Å²) < 4.78 is 5.24. The van der Waals surface area contributed by atoms with Crippen molar-refractivity contribution in [2.24, 2.45) is 0 Å². The van der Waals surface area contributed by atoms with Gasteiger partial charge in [-0.25, -0.2) is 4.79 Å². The third-order valence-electron chi connectivity index (χ3n) is 3.05. The number of rotatable bonds is 3. The fourth-order valence-electron chi connectivity index (χ4n) is 2.14. The third-order valence-corrected chi connectivity index (χ3v) is 3.05. The molecule has 0 bridgehead atoms. The Labute approximate surface area is 128 Å². The van der Waals surface area contributed by atoms with Gasteiger partial charge in [-0.3, -0.25) is 10.1 Å². The van der Waals surface area contributed by atoms with E-state index < -0.39 is 16.5 Å². The van der Waals surface area contributed by atoms with Gasteiger partial charge >= 0.3 is 5.97 Å². The Bertz CT molecular complexity index is 772. The number of carbonyl (C=O) groups excluding carboxylic acids is 1. The molecule has 0 aliphatic carbocycles. The molecule has 0 aliphatic rings. The average molecular weight is 299 g/mol. The van der Waals surface area contributed by atoms with Gasteiger partial charge in [0.1, 0.15) is 5.60 Å². The SMILES string of the molecule is C=C(C(=O)OC(C)(C)C)c1ccc2ccccc2c1[N+](=O)[O-]. The molecule has 0 aliphatic heterocycles. The van der Waals surface area contributed by atoms with Crippen LogP contribution in [0.5, 0.6) is 0 Å². The molecule has 5 heteroatoms. The standard InChI is InChI=1S/C17H17NO4/c1-11(16(19)22-17(2,3)4)13-10-9-12-7-5-6-8-14(12)15(13)18(20)21/h5-10H,1H2,2-4H3. The third kappa shape index (κ3) is 3.14. The van der Waals surface area contributed by atoms with Crippen molar-refractivity contribution in [2.45, 2.75) is 26.4 Å². The monoisotopic (exact) mass is 299 g/mol. The maximum absolute atomic E-state index is 12.1. The van der Waals surface area contributed by atoms with Crippen LogP contribution in [0.4, 0.5) is 5.69 Å². The first-order valence-electron chi connectivity index (χ1n) is 6.79. The van der Waals surface area contributed by atoms with E-state index in [9.17, 15) is 14.9 Å². The van der Waals surface area contributed by atoms with E-state index in [1.165, 1.54) is 6.07 Å². The van der Waals surface area contributed by atoms with Crippen LogP contribution in [-0.2, 0) is 9.53 Å². The Balaban J connectivity index is 2.56. The van der Waals surface area contributed by atoms with E-state index >= 15 is 0 Å². The summed E-state index contributed by atoms with van der Waals surface area (Å²) in [6, 6.07) is 10.2. The summed E-state index contributed by atoms with van der Waals surface area (Å²) in [5.41, 5.74) is -0.662. The topological polar surface area (TPSA) is 69.4 Å². The van der Waals surface area contributed by atoms with Crippen LogP contribution in [0.1, 0.15) is 26.3 Å². The lowest BCUT2D eigenvalue weighted by molar-refractivity contribution is -0.383. The van der Waals surface area contributed by atoms with Gasteiger partial charge in [-0.2, -0.15) is 0 Å². The van der Waals surface area contributed by atoms with Crippen LogP contribution < -0.4 is 0 Å². The van der Waals surface area contributed by atoms with E-state index in [0.717, 1.165) is 5.39 Å². The number of benzene rings is 2. The van der Waals surface area contributed by atoms with Crippen molar-refractivity contribution >= 4 is 28.0 Å². The van der Waals surface area contributed by atoms with Crippen molar-refractivity contribution in [3.8, 4) is 0 Å². The lowest BCUT2D eigenvalue weighted by Gasteiger charge is -2.20. The van der Waals surface area contributed by atoms with Gasteiger partial charge in [0.15, 0.2) is 0 Å². The molecule has 0 radical (unpaired) electrons. The molecule has 114 valence electrons. The van der Waals surface area contributed by atoms with Crippen molar-refractivity contribution in [3.05, 3.63) is 58.7 Å². The van der Waals surface area contributed by atoms with Gasteiger partial charge in [0.25, 0.3) is 5.69 Å². The van der Waals surface area contributed by atoms with Crippen LogP contribution >= 0.6 is 0 Å². The summed E-state index contributed by atoms with van der Waals surface area (Å²) in [6.07, 6.45) is 0. The lowest BCUT2D eigenvalue weighted by atomic mass is 9.99. The molecule has 0 N–H and O–H groups in total. The van der Waals surface area contributed by atoms with Crippen molar-refractivity contribution < 1.29 is 14.5 Å². The van der Waals surface area contributed by atoms with Gasteiger partial charge in [-0.05, 0) is 38.3 Å². The van der Waals surface area contributed by atoms with Crippen molar-refractivity contribution in [1.29, 1.82) is 0 Å². The molecule has 0 spiro atoms. The van der Waals surface area contributed by atoms with E-state index in [1.807, 2.05) is 0 Å². The molecule has 2 rings (SSSR count). The molecule has 2 aromatic rings. The molecule has 0 aromatic heterocycles. The van der Waals surface area contributed by atoms with Gasteiger partial charge in [0.2, 0.25) is 0 Å². The smallest absolute Gasteiger partial charge is 0.338 e. The number of esters is 1. The quantitative estimate of drug-likeness (QED) is 0.370. The number of ether oxygens (including phenoxy) is 1. The predicted octanol–water partition coefficient (Wildman–Crippen LogP) is 4.10. The molecule has 5 nitrogen and oxygen atoms in total. The molecule has 0 heterocycles. The highest BCUT2D eigenvalue weighted by atomic mass is 16.6. The number of carbonyl (C=O) groups is 1. The molecule has 0 saturated heterocycles. The van der Waals surface area contributed by atoms with Crippen molar-refractivity contribution in [1.82, 2.24) is 0 Å². The molecule has 0 saturated carbocycles. The van der Waals surface area contributed by atoms with Gasteiger partial charge < -0.3 is 4.74 Å². The minimum Gasteiger partial charge on any atom is -0.456 e. The minimum absolute atomic E-state index is 0.0209. The second-order valence-corrected chi connectivity index (χ2v) is 5.92. The van der Waals surface area contributed by atoms with Crippen LogP contribution in [0.2, 0.25) is 0 Å². The Hall–Kier alpha value is -2.69. The number of nitro benzene ring substituents is 1. The number of fused-ring (bicyclic) bond motifs is 1. The first-order valence-corrected chi connectivity index (χ1v) is 6.79. The fourth-order valence-corrected chi connectivity index (χ4v) is 2.14. The maximum Gasteiger partial charge on any atom is 0.338 e. The number of nitro groups is 1. The number of hydrogen-bond donors (Lipinski definition) is 0. The van der Waals surface area contributed by atoms with Gasteiger partial charge in [-0.1, -0.05) is 30.8 Å². The summed E-state index contributed by atoms with van der Waals surface area (Å²) in [6.45, 7) is 8.87. The minimum atomic E-state index is -0.689. The number of nitrogens with zero attached hydrogens (tertiary/aromatic N) is 1. The summed E-state index contributed by atoms with van der Waals surface area (Å²) in [5.74, 6) is -0.661. The van der Waals surface area contributed by atoms with Crippen LogP contribution in [-0.4, -0.2) is 16.5 Å². The fraction of sp³-hybridized carbons (Fsp3) is 0.235. The van der Waals surface area contributed by atoms with E-state index in [2.05, 4.69) is 6.58 Å². The molecule has 0 amide bonds. The van der Waals surface area contributed by atoms with Crippen LogP contribution in [0.3, 0.4) is 0 Å². The van der Waals surface area contributed by atoms with Crippen LogP contribution in [0.25, 0.3) is 16.3 Å². The first kappa shape index (κ1) is 15.7. The van der Waals surface area contributed by atoms with E-state index in [-0.39, 0.29) is 16.8 Å². The molecule has 2 aromatic carbocycles. The average Bonchev–Trinajstić information content (AvgIpc) is 2.43. The second-order valence-electron chi connectivity index (χ2n) is 5.92. The zero-order valence-corrected chi connectivity index (χ0v) is 12.8. The highest BCUT2D eigenvalue weighted by molar-refractivity contribution is 6.18. The molecular formula is C17H17NO4.